The van der Waals surface area contributed by atoms with E-state index in [1.807, 2.05) is 0 Å². The van der Waals surface area contributed by atoms with Gasteiger partial charge in [0.05, 0.1) is 26.5 Å². The first-order valence-electron chi connectivity index (χ1n) is 17.1. The molecule has 0 spiro atoms. The molecule has 5 rings (SSSR count). The van der Waals surface area contributed by atoms with Crippen LogP contribution in [0.2, 0.25) is 0 Å². The van der Waals surface area contributed by atoms with Gasteiger partial charge in [0.15, 0.2) is 11.5 Å². The smallest absolute Gasteiger partial charge is 0.339 e. The van der Waals surface area contributed by atoms with Gasteiger partial charge in [0, 0.05) is 28.1 Å². The SMILES string of the molecule is COc1nc(C(=O)Nc2ccc(C(=O)O)c(O)c2OC)ccc1NC(=O)c1ccc(NC(=O)CNC(=O)c2ccc(NC(=O)/C(C)=C/c3ccc(O)cc3)cc2)cc1. The molecule has 0 unspecified atom stereocenters. The van der Waals surface area contributed by atoms with Crippen molar-refractivity contribution in [2.45, 2.75) is 6.92 Å². The molecular weight excluding hydrogens is 752 g/mol. The van der Waals surface area contributed by atoms with Crippen LogP contribution in [0.25, 0.3) is 6.08 Å². The van der Waals surface area contributed by atoms with Gasteiger partial charge in [0.1, 0.15) is 22.7 Å². The van der Waals surface area contributed by atoms with Gasteiger partial charge >= 0.3 is 5.97 Å². The minimum Gasteiger partial charge on any atom is -0.508 e. The van der Waals surface area contributed by atoms with Crippen LogP contribution >= 0.6 is 0 Å². The summed E-state index contributed by atoms with van der Waals surface area (Å²) in [5.41, 5.74) is 1.99. The zero-order valence-electron chi connectivity index (χ0n) is 31.1. The summed E-state index contributed by atoms with van der Waals surface area (Å²) in [5.74, 6) is -5.02. The summed E-state index contributed by atoms with van der Waals surface area (Å²) in [6.45, 7) is 1.29. The van der Waals surface area contributed by atoms with E-state index in [4.69, 9.17) is 9.47 Å². The number of hydrogen-bond acceptors (Lipinski definition) is 11. The Hall–Kier alpha value is -8.21. The number of aromatic nitrogens is 1. The van der Waals surface area contributed by atoms with E-state index in [2.05, 4.69) is 31.6 Å². The fourth-order valence-electron chi connectivity index (χ4n) is 5.24. The molecule has 8 N–H and O–H groups in total. The molecule has 0 aliphatic rings. The first kappa shape index (κ1) is 41.0. The number of rotatable bonds is 14. The lowest BCUT2D eigenvalue weighted by atomic mass is 10.1. The Kier molecular flexibility index (Phi) is 13.0. The van der Waals surface area contributed by atoms with Gasteiger partial charge in [-0.05, 0) is 103 Å². The molecule has 58 heavy (non-hydrogen) atoms. The summed E-state index contributed by atoms with van der Waals surface area (Å²) in [4.78, 5) is 79.3. The molecule has 296 valence electrons. The highest BCUT2D eigenvalue weighted by Gasteiger charge is 2.21. The maximum absolute atomic E-state index is 13.0. The van der Waals surface area contributed by atoms with E-state index in [0.717, 1.165) is 11.6 Å². The Labute approximate surface area is 330 Å². The number of nitrogens with zero attached hydrogens (tertiary/aromatic N) is 1. The number of pyridine rings is 1. The van der Waals surface area contributed by atoms with Gasteiger partial charge < -0.3 is 51.4 Å². The second-order valence-corrected chi connectivity index (χ2v) is 12.3. The quantitative estimate of drug-likeness (QED) is 0.0683. The number of amides is 5. The van der Waals surface area contributed by atoms with Gasteiger partial charge in [0.2, 0.25) is 11.8 Å². The summed E-state index contributed by atoms with van der Waals surface area (Å²) in [5, 5.41) is 41.9. The highest BCUT2D eigenvalue weighted by atomic mass is 16.5. The Morgan fingerprint density at radius 2 is 1.24 bits per heavy atom. The van der Waals surface area contributed by atoms with Crippen molar-refractivity contribution in [1.29, 1.82) is 0 Å². The lowest BCUT2D eigenvalue weighted by Crippen LogP contribution is -2.32. The molecule has 17 nitrogen and oxygen atoms in total. The highest BCUT2D eigenvalue weighted by molar-refractivity contribution is 6.08. The van der Waals surface area contributed by atoms with Crippen molar-refractivity contribution < 1.29 is 53.6 Å². The third-order valence-corrected chi connectivity index (χ3v) is 8.23. The predicted octanol–water partition coefficient (Wildman–Crippen LogP) is 5.12. The lowest BCUT2D eigenvalue weighted by Gasteiger charge is -2.14. The fraction of sp³-hybridized carbons (Fsp3) is 0.0976. The number of benzene rings is 4. The van der Waals surface area contributed by atoms with Crippen molar-refractivity contribution in [2.75, 3.05) is 42.0 Å². The molecule has 1 heterocycles. The van der Waals surface area contributed by atoms with Crippen molar-refractivity contribution in [3.63, 3.8) is 0 Å². The number of phenolic OH excluding ortho intramolecular Hbond substituents is 1. The van der Waals surface area contributed by atoms with Gasteiger partial charge in [-0.15, -0.1) is 0 Å². The molecular formula is C41H36N6O11. The summed E-state index contributed by atoms with van der Waals surface area (Å²) < 4.78 is 10.3. The van der Waals surface area contributed by atoms with Crippen molar-refractivity contribution in [3.05, 3.63) is 131 Å². The normalized spacial score (nSPS) is 10.8. The number of aromatic carboxylic acids is 1. The van der Waals surface area contributed by atoms with Crippen LogP contribution in [0.3, 0.4) is 0 Å². The van der Waals surface area contributed by atoms with Crippen LogP contribution in [-0.4, -0.2) is 76.6 Å². The second-order valence-electron chi connectivity index (χ2n) is 12.3. The molecule has 0 aliphatic carbocycles. The zero-order chi connectivity index (χ0) is 41.9. The van der Waals surface area contributed by atoms with E-state index in [-0.39, 0.29) is 58.0 Å². The maximum Gasteiger partial charge on any atom is 0.339 e. The van der Waals surface area contributed by atoms with E-state index < -0.39 is 40.9 Å². The number of phenols is 2. The Morgan fingerprint density at radius 1 is 0.655 bits per heavy atom. The van der Waals surface area contributed by atoms with Gasteiger partial charge in [-0.2, -0.15) is 0 Å². The van der Waals surface area contributed by atoms with E-state index in [1.165, 1.54) is 80.9 Å². The fourth-order valence-corrected chi connectivity index (χ4v) is 5.24. The van der Waals surface area contributed by atoms with Gasteiger partial charge in [0.25, 0.3) is 23.6 Å². The number of carbonyl (C=O) groups excluding carboxylic acids is 5. The third kappa shape index (κ3) is 10.3. The molecule has 1 aromatic heterocycles. The third-order valence-electron chi connectivity index (χ3n) is 8.23. The molecule has 4 aromatic carbocycles. The molecule has 5 amide bonds. The van der Waals surface area contributed by atoms with Crippen molar-refractivity contribution >= 4 is 64.3 Å². The van der Waals surface area contributed by atoms with Crippen LogP contribution in [0.4, 0.5) is 22.7 Å². The van der Waals surface area contributed by atoms with E-state index in [9.17, 15) is 44.1 Å². The van der Waals surface area contributed by atoms with Crippen LogP contribution in [0.1, 0.15) is 54.0 Å². The minimum atomic E-state index is -1.39. The molecule has 0 fully saturated rings. The van der Waals surface area contributed by atoms with Crippen molar-refractivity contribution in [2.24, 2.45) is 0 Å². The number of aromatic hydroxyl groups is 2. The largest absolute Gasteiger partial charge is 0.508 e. The lowest BCUT2D eigenvalue weighted by molar-refractivity contribution is -0.115. The molecule has 0 saturated heterocycles. The first-order valence-corrected chi connectivity index (χ1v) is 17.1. The molecule has 0 saturated carbocycles. The van der Waals surface area contributed by atoms with Crippen LogP contribution in [0.15, 0.2) is 103 Å². The minimum absolute atomic E-state index is 0.0168. The van der Waals surface area contributed by atoms with E-state index in [1.54, 1.807) is 37.3 Å². The second kappa shape index (κ2) is 18.4. The Morgan fingerprint density at radius 3 is 1.84 bits per heavy atom. The van der Waals surface area contributed by atoms with Crippen LogP contribution in [0, 0.1) is 0 Å². The van der Waals surface area contributed by atoms with Gasteiger partial charge in [-0.1, -0.05) is 12.1 Å². The number of anilines is 4. The molecule has 0 atom stereocenters. The summed E-state index contributed by atoms with van der Waals surface area (Å²) in [7, 11) is 2.48. The molecule has 0 aliphatic heterocycles. The summed E-state index contributed by atoms with van der Waals surface area (Å²) in [6, 6.07) is 23.4. The topological polar surface area (TPSA) is 255 Å². The Balaban J connectivity index is 1.10. The number of methoxy groups -OCH3 is 2. The molecule has 5 aromatic rings. The van der Waals surface area contributed by atoms with Gasteiger partial charge in [-0.3, -0.25) is 24.0 Å². The van der Waals surface area contributed by atoms with Crippen LogP contribution in [0.5, 0.6) is 23.1 Å². The average Bonchev–Trinajstić information content (AvgIpc) is 3.21. The highest BCUT2D eigenvalue weighted by Crippen LogP contribution is 2.37. The zero-order valence-corrected chi connectivity index (χ0v) is 31.1. The number of carboxylic acid groups (broad SMARTS) is 1. The summed E-state index contributed by atoms with van der Waals surface area (Å²) in [6.07, 6.45) is 1.67. The number of carbonyl (C=O) groups is 6. The molecule has 0 radical (unpaired) electrons. The number of carboxylic acids is 1. The molecule has 17 heteroatoms. The monoisotopic (exact) mass is 788 g/mol. The number of nitrogens with one attached hydrogen (secondary N) is 5. The Bertz CT molecular complexity index is 2410. The number of hydrogen-bond donors (Lipinski definition) is 8. The van der Waals surface area contributed by atoms with Crippen LogP contribution in [-0.2, 0) is 9.59 Å². The van der Waals surface area contributed by atoms with Crippen molar-refractivity contribution in [3.8, 4) is 23.1 Å². The number of ether oxygens (including phenoxy) is 2. The van der Waals surface area contributed by atoms with E-state index >= 15 is 0 Å². The van der Waals surface area contributed by atoms with E-state index in [0.29, 0.717) is 16.9 Å². The molecule has 0 bridgehead atoms. The predicted molar refractivity (Wildman–Crippen MR) is 213 cm³/mol. The standard InChI is InChI=1S/C41H36N6O11/c1-22(20-23-4-14-28(48)15-5-23)36(51)44-27-12-6-24(7-13-27)37(52)42-21-33(49)43-26-10-8-25(9-11-26)38(53)46-32-19-18-31(47-40(32)58-3)39(54)45-30-17-16-29(41(55)56)34(50)35(30)57-2/h4-20,48,50H,21H2,1-3H3,(H,42,52)(H,43,49)(H,44,51)(H,45,54)(H,46,53)(H,55,56)/b22-20+. The van der Waals surface area contributed by atoms with Gasteiger partial charge in [-0.25, -0.2) is 9.78 Å². The summed E-state index contributed by atoms with van der Waals surface area (Å²) >= 11 is 0. The maximum atomic E-state index is 13.0. The van der Waals surface area contributed by atoms with Crippen LogP contribution < -0.4 is 36.1 Å². The van der Waals surface area contributed by atoms with Crippen molar-refractivity contribution in [1.82, 2.24) is 10.3 Å². The first-order chi connectivity index (χ1) is 27.8. The average molecular weight is 789 g/mol.